The van der Waals surface area contributed by atoms with E-state index in [0.717, 1.165) is 0 Å². The Kier molecular flexibility index (Phi) is 4.80. The maximum atomic E-state index is 11.7. The lowest BCUT2D eigenvalue weighted by atomic mass is 9.93. The number of hydrogen-bond acceptors (Lipinski definition) is 4. The van der Waals surface area contributed by atoms with E-state index in [1.54, 1.807) is 24.3 Å². The van der Waals surface area contributed by atoms with E-state index < -0.39 is 12.0 Å². The second kappa shape index (κ2) is 6.58. The molecule has 0 radical (unpaired) electrons. The number of para-hydroxylation sites is 1. The molecule has 0 saturated carbocycles. The second-order valence-corrected chi connectivity index (χ2v) is 5.20. The quantitative estimate of drug-likeness (QED) is 0.845. The number of nitrogens with zero attached hydrogens (tertiary/aromatic N) is 1. The van der Waals surface area contributed by atoms with E-state index in [2.05, 4.69) is 0 Å². The number of carboxylic acid groups (broad SMARTS) is 1. The summed E-state index contributed by atoms with van der Waals surface area (Å²) in [5.74, 6) is -0.828. The normalized spacial score (nSPS) is 18.1. The summed E-state index contributed by atoms with van der Waals surface area (Å²) in [7, 11) is 1.52. The van der Waals surface area contributed by atoms with Crippen LogP contribution >= 0.6 is 0 Å². The molecule has 1 aliphatic heterocycles. The van der Waals surface area contributed by atoms with Crippen molar-refractivity contribution in [1.29, 1.82) is 0 Å². The Hall–Kier alpha value is -2.08. The van der Waals surface area contributed by atoms with E-state index in [4.69, 9.17) is 10.5 Å². The van der Waals surface area contributed by atoms with Gasteiger partial charge >= 0.3 is 5.97 Å². The molecular weight excluding hydrogens is 272 g/mol. The zero-order valence-corrected chi connectivity index (χ0v) is 12.0. The van der Waals surface area contributed by atoms with Crippen molar-refractivity contribution in [2.24, 2.45) is 11.7 Å². The number of piperidine rings is 1. The van der Waals surface area contributed by atoms with Crippen LogP contribution in [0.25, 0.3) is 0 Å². The van der Waals surface area contributed by atoms with Crippen molar-refractivity contribution in [3.05, 3.63) is 29.8 Å². The maximum Gasteiger partial charge on any atom is 0.325 e. The Morgan fingerprint density at radius 2 is 1.95 bits per heavy atom. The molecular formula is C15H20N2O4. The van der Waals surface area contributed by atoms with Crippen LogP contribution in [-0.4, -0.2) is 42.1 Å². The molecule has 1 saturated heterocycles. The van der Waals surface area contributed by atoms with Gasteiger partial charge in [0.1, 0.15) is 11.8 Å². The second-order valence-electron chi connectivity index (χ2n) is 5.20. The van der Waals surface area contributed by atoms with Crippen molar-refractivity contribution in [3.8, 4) is 5.75 Å². The molecule has 1 atom stereocenters. The van der Waals surface area contributed by atoms with Crippen LogP contribution in [0.3, 0.4) is 0 Å². The lowest BCUT2D eigenvalue weighted by Gasteiger charge is -2.35. The number of amides is 1. The number of likely N-dealkylation sites (tertiary alicyclic amines) is 1. The number of carboxylic acids is 1. The molecule has 0 bridgehead atoms. The van der Waals surface area contributed by atoms with Gasteiger partial charge < -0.3 is 15.6 Å². The Bertz CT molecular complexity index is 524. The summed E-state index contributed by atoms with van der Waals surface area (Å²) in [5, 5.41) is 9.59. The number of aliphatic carboxylic acids is 1. The predicted octanol–water partition coefficient (Wildman–Crippen LogP) is 1.02. The molecule has 1 heterocycles. The van der Waals surface area contributed by atoms with Gasteiger partial charge in [-0.15, -0.1) is 0 Å². The van der Waals surface area contributed by atoms with Crippen molar-refractivity contribution in [1.82, 2.24) is 4.90 Å². The van der Waals surface area contributed by atoms with Crippen LogP contribution in [0.5, 0.6) is 5.75 Å². The van der Waals surface area contributed by atoms with Crippen molar-refractivity contribution < 1.29 is 19.4 Å². The van der Waals surface area contributed by atoms with Crippen LogP contribution < -0.4 is 10.5 Å². The molecule has 0 aliphatic carbocycles. The van der Waals surface area contributed by atoms with Gasteiger partial charge in [-0.25, -0.2) is 0 Å². The fourth-order valence-corrected chi connectivity index (χ4v) is 2.82. The van der Waals surface area contributed by atoms with E-state index in [-0.39, 0.29) is 11.8 Å². The molecule has 0 spiro atoms. The molecule has 3 N–H and O–H groups in total. The monoisotopic (exact) mass is 292 g/mol. The Morgan fingerprint density at radius 3 is 2.48 bits per heavy atom. The van der Waals surface area contributed by atoms with Crippen LogP contribution in [0.2, 0.25) is 0 Å². The SMILES string of the molecule is COc1ccccc1C(C(=O)O)N1CCC(C(N)=O)CC1. The highest BCUT2D eigenvalue weighted by atomic mass is 16.5. The average Bonchev–Trinajstić information content (AvgIpc) is 2.48. The minimum Gasteiger partial charge on any atom is -0.496 e. The first-order chi connectivity index (χ1) is 10.0. The first-order valence-corrected chi connectivity index (χ1v) is 6.93. The molecule has 1 aromatic rings. The summed E-state index contributed by atoms with van der Waals surface area (Å²) in [6.07, 6.45) is 1.18. The zero-order chi connectivity index (χ0) is 15.4. The number of methoxy groups -OCH3 is 1. The maximum absolute atomic E-state index is 11.7. The lowest BCUT2D eigenvalue weighted by molar-refractivity contribution is -0.144. The van der Waals surface area contributed by atoms with Gasteiger partial charge in [0.05, 0.1) is 7.11 Å². The first-order valence-electron chi connectivity index (χ1n) is 6.93. The van der Waals surface area contributed by atoms with Crippen LogP contribution in [-0.2, 0) is 9.59 Å². The number of carbonyl (C=O) groups is 2. The number of ether oxygens (including phenoxy) is 1. The number of nitrogens with two attached hydrogens (primary N) is 1. The van der Waals surface area contributed by atoms with E-state index in [1.165, 1.54) is 7.11 Å². The van der Waals surface area contributed by atoms with Crippen molar-refractivity contribution in [2.75, 3.05) is 20.2 Å². The molecule has 1 amide bonds. The number of hydrogen-bond donors (Lipinski definition) is 2. The van der Waals surface area contributed by atoms with Gasteiger partial charge in [0.2, 0.25) is 5.91 Å². The fourth-order valence-electron chi connectivity index (χ4n) is 2.82. The van der Waals surface area contributed by atoms with Gasteiger partial charge in [0.15, 0.2) is 0 Å². The predicted molar refractivity (Wildman–Crippen MR) is 76.9 cm³/mol. The summed E-state index contributed by atoms with van der Waals surface area (Å²) >= 11 is 0. The molecule has 114 valence electrons. The van der Waals surface area contributed by atoms with Gasteiger partial charge in [0, 0.05) is 24.6 Å². The number of primary amides is 1. The topological polar surface area (TPSA) is 92.9 Å². The van der Waals surface area contributed by atoms with Gasteiger partial charge in [0.25, 0.3) is 0 Å². The van der Waals surface area contributed by atoms with Crippen LogP contribution in [0, 0.1) is 5.92 Å². The Labute approximate surface area is 123 Å². The zero-order valence-electron chi connectivity index (χ0n) is 12.0. The number of rotatable bonds is 5. The summed E-state index contributed by atoms with van der Waals surface area (Å²) in [4.78, 5) is 24.8. The highest BCUT2D eigenvalue weighted by molar-refractivity contribution is 5.78. The molecule has 0 aromatic heterocycles. The largest absolute Gasteiger partial charge is 0.496 e. The van der Waals surface area contributed by atoms with Crippen molar-refractivity contribution in [2.45, 2.75) is 18.9 Å². The third-order valence-electron chi connectivity index (χ3n) is 3.96. The summed E-state index contributed by atoms with van der Waals surface area (Å²) in [6.45, 7) is 1.06. The minimum absolute atomic E-state index is 0.159. The van der Waals surface area contributed by atoms with Gasteiger partial charge in [-0.2, -0.15) is 0 Å². The van der Waals surface area contributed by atoms with Crippen molar-refractivity contribution >= 4 is 11.9 Å². The van der Waals surface area contributed by atoms with E-state index in [1.807, 2.05) is 4.90 Å². The third kappa shape index (κ3) is 3.33. The molecule has 1 unspecified atom stereocenters. The summed E-state index contributed by atoms with van der Waals surface area (Å²) in [5.41, 5.74) is 5.94. The van der Waals surface area contributed by atoms with Crippen LogP contribution in [0.4, 0.5) is 0 Å². The Balaban J connectivity index is 2.21. The van der Waals surface area contributed by atoms with Crippen LogP contribution in [0.15, 0.2) is 24.3 Å². The fraction of sp³-hybridized carbons (Fsp3) is 0.467. The number of benzene rings is 1. The smallest absolute Gasteiger partial charge is 0.325 e. The standard InChI is InChI=1S/C15H20N2O4/c1-21-12-5-3-2-4-11(12)13(15(19)20)17-8-6-10(7-9-17)14(16)18/h2-5,10,13H,6-9H2,1H3,(H2,16,18)(H,19,20). The third-order valence-corrected chi connectivity index (χ3v) is 3.96. The summed E-state index contributed by atoms with van der Waals surface area (Å²) < 4.78 is 5.26. The highest BCUT2D eigenvalue weighted by Crippen LogP contribution is 2.32. The molecule has 1 aromatic carbocycles. The van der Waals surface area contributed by atoms with Gasteiger partial charge in [-0.05, 0) is 18.9 Å². The van der Waals surface area contributed by atoms with E-state index in [0.29, 0.717) is 37.2 Å². The van der Waals surface area contributed by atoms with Crippen LogP contribution in [0.1, 0.15) is 24.4 Å². The van der Waals surface area contributed by atoms with Gasteiger partial charge in [-0.1, -0.05) is 18.2 Å². The molecule has 2 rings (SSSR count). The molecule has 1 fully saturated rings. The average molecular weight is 292 g/mol. The lowest BCUT2D eigenvalue weighted by Crippen LogP contribution is -2.42. The van der Waals surface area contributed by atoms with E-state index >= 15 is 0 Å². The molecule has 6 heteroatoms. The van der Waals surface area contributed by atoms with Crippen molar-refractivity contribution in [3.63, 3.8) is 0 Å². The van der Waals surface area contributed by atoms with Gasteiger partial charge in [-0.3, -0.25) is 14.5 Å². The minimum atomic E-state index is -0.919. The number of carbonyl (C=O) groups excluding carboxylic acids is 1. The highest BCUT2D eigenvalue weighted by Gasteiger charge is 2.33. The first kappa shape index (κ1) is 15.3. The molecule has 6 nitrogen and oxygen atoms in total. The molecule has 1 aliphatic rings. The van der Waals surface area contributed by atoms with E-state index in [9.17, 15) is 14.7 Å². The Morgan fingerprint density at radius 1 is 1.33 bits per heavy atom. The molecule has 21 heavy (non-hydrogen) atoms. The summed E-state index contributed by atoms with van der Waals surface area (Å²) in [6, 6.07) is 6.35.